The molecule has 0 fully saturated rings. The fraction of sp³-hybridized carbons (Fsp3) is 0.469. The number of aliphatic hydroxyl groups is 2. The van der Waals surface area contributed by atoms with Crippen LogP contribution < -0.4 is 21.1 Å². The first kappa shape index (κ1) is 38.8. The summed E-state index contributed by atoms with van der Waals surface area (Å²) in [4.78, 5) is 24.1. The van der Waals surface area contributed by atoms with E-state index in [1.54, 1.807) is 41.6 Å². The zero-order valence-corrected chi connectivity index (χ0v) is 28.2. The Morgan fingerprint density at radius 3 is 2.48 bits per heavy atom. The van der Waals surface area contributed by atoms with Crippen molar-refractivity contribution < 1.29 is 37.8 Å². The van der Waals surface area contributed by atoms with Gasteiger partial charge in [-0.2, -0.15) is 0 Å². The highest BCUT2D eigenvalue weighted by Gasteiger charge is 2.20. The molecule has 16 heteroatoms. The first-order chi connectivity index (χ1) is 23.4. The van der Waals surface area contributed by atoms with Crippen molar-refractivity contribution in [3.63, 3.8) is 0 Å². The van der Waals surface area contributed by atoms with Crippen molar-refractivity contribution in [3.05, 3.63) is 59.9 Å². The minimum atomic E-state index is -1.58. The van der Waals surface area contributed by atoms with Crippen molar-refractivity contribution in [1.82, 2.24) is 24.5 Å². The van der Waals surface area contributed by atoms with Gasteiger partial charge in [-0.05, 0) is 32.2 Å². The topological polar surface area (TPSA) is 185 Å². The highest BCUT2D eigenvalue weighted by atomic mass is 32.2. The van der Waals surface area contributed by atoms with E-state index in [4.69, 9.17) is 25.1 Å². The summed E-state index contributed by atoms with van der Waals surface area (Å²) < 4.78 is 46.1. The molecule has 264 valence electrons. The second kappa shape index (κ2) is 21.4. The molecule has 0 radical (unpaired) electrons. The zero-order chi connectivity index (χ0) is 34.7. The summed E-state index contributed by atoms with van der Waals surface area (Å²) in [6.45, 7) is 4.01. The van der Waals surface area contributed by atoms with Crippen LogP contribution in [0.3, 0.4) is 0 Å². The van der Waals surface area contributed by atoms with Gasteiger partial charge in [0.25, 0.3) is 5.91 Å². The van der Waals surface area contributed by atoms with E-state index in [2.05, 4.69) is 20.6 Å². The smallest absolute Gasteiger partial charge is 0.278 e. The number of hydrogen-bond acceptors (Lipinski definition) is 12. The van der Waals surface area contributed by atoms with Crippen LogP contribution in [0.25, 0.3) is 11.3 Å². The number of amides is 1. The van der Waals surface area contributed by atoms with Crippen LogP contribution in [0.15, 0.2) is 53.6 Å². The van der Waals surface area contributed by atoms with Gasteiger partial charge in [0.15, 0.2) is 11.5 Å². The molecule has 0 spiro atoms. The summed E-state index contributed by atoms with van der Waals surface area (Å²) >= 11 is 0. The number of benzene rings is 2. The Morgan fingerprint density at radius 1 is 1.08 bits per heavy atom. The van der Waals surface area contributed by atoms with Gasteiger partial charge in [0.05, 0.1) is 55.5 Å². The van der Waals surface area contributed by atoms with Crippen LogP contribution in [0.2, 0.25) is 0 Å². The number of nitrogens with two attached hydrogens (primary N) is 1. The molecule has 4 bridgehead atoms. The number of anilines is 2. The number of nitrogen functional groups attached to an aromatic ring is 1. The number of aliphatic hydroxyl groups excluding tert-OH is 2. The Morgan fingerprint density at radius 2 is 1.79 bits per heavy atom. The molecule has 6 N–H and O–H groups in total. The van der Waals surface area contributed by atoms with Crippen LogP contribution in [-0.2, 0) is 27.0 Å². The van der Waals surface area contributed by atoms with Crippen LogP contribution in [-0.4, -0.2) is 126 Å². The maximum absolute atomic E-state index is 13.6. The average Bonchev–Trinajstić information content (AvgIpc) is 3.09. The maximum Gasteiger partial charge on any atom is 0.278 e. The van der Waals surface area contributed by atoms with Gasteiger partial charge in [-0.1, -0.05) is 24.3 Å². The van der Waals surface area contributed by atoms with Crippen molar-refractivity contribution in [2.45, 2.75) is 18.4 Å². The van der Waals surface area contributed by atoms with Crippen LogP contribution in [0.4, 0.5) is 15.9 Å². The summed E-state index contributed by atoms with van der Waals surface area (Å²) in [7, 11) is 0.233. The lowest BCUT2D eigenvalue weighted by molar-refractivity contribution is 0.0335. The molecule has 3 heterocycles. The first-order valence-electron chi connectivity index (χ1n) is 15.6. The van der Waals surface area contributed by atoms with E-state index in [0.717, 1.165) is 5.56 Å². The molecule has 2 aliphatic rings. The number of aromatic nitrogens is 2. The number of carbonyl (C=O) groups excluding carboxylic acids is 1. The molecule has 0 saturated carbocycles. The number of alkyl halides is 1. The van der Waals surface area contributed by atoms with Crippen LogP contribution in [0.1, 0.15) is 23.0 Å². The minimum Gasteiger partial charge on any atom is -0.489 e. The SMILES string of the molecule is CCO.CNCc1cccc2c1OCCOCCOCCN(CCN(CF)CCO)S(=O)c1ccc(cc1)-c1cnc(N)c(n1)C(=O)N2. The molecule has 1 aromatic heterocycles. The Bertz CT molecular complexity index is 1440. The molecule has 3 aromatic rings. The van der Waals surface area contributed by atoms with E-state index < -0.39 is 23.7 Å². The predicted octanol–water partition coefficient (Wildman–Crippen LogP) is 1.67. The summed E-state index contributed by atoms with van der Waals surface area (Å²) in [5.74, 6) is -0.0910. The van der Waals surface area contributed by atoms with E-state index in [1.165, 1.54) is 11.1 Å². The number of nitrogens with zero attached hydrogens (tertiary/aromatic N) is 4. The van der Waals surface area contributed by atoms with Crippen molar-refractivity contribution in [2.24, 2.45) is 0 Å². The first-order valence-corrected chi connectivity index (χ1v) is 16.7. The lowest BCUT2D eigenvalue weighted by Crippen LogP contribution is -2.38. The number of para-hydroxylation sites is 1. The van der Waals surface area contributed by atoms with E-state index in [9.17, 15) is 18.5 Å². The monoisotopic (exact) mass is 691 g/mol. The number of halogens is 1. The number of carbonyl (C=O) groups is 1. The van der Waals surface area contributed by atoms with Gasteiger partial charge in [0, 0.05) is 50.5 Å². The van der Waals surface area contributed by atoms with Crippen molar-refractivity contribution in [3.8, 4) is 17.0 Å². The third-order valence-corrected chi connectivity index (χ3v) is 8.41. The normalized spacial score (nSPS) is 16.5. The molecular weight excluding hydrogens is 645 g/mol. The lowest BCUT2D eigenvalue weighted by Gasteiger charge is -2.25. The number of fused-ring (bicyclic) bond motifs is 13. The van der Waals surface area contributed by atoms with Crippen molar-refractivity contribution in [2.75, 3.05) is 97.3 Å². The van der Waals surface area contributed by atoms with E-state index in [1.807, 2.05) is 19.2 Å². The van der Waals surface area contributed by atoms with Crippen LogP contribution in [0, 0.1) is 0 Å². The summed E-state index contributed by atoms with van der Waals surface area (Å²) in [5, 5.41) is 22.7. The predicted molar refractivity (Wildman–Crippen MR) is 182 cm³/mol. The van der Waals surface area contributed by atoms with Gasteiger partial charge in [-0.15, -0.1) is 0 Å². The molecule has 48 heavy (non-hydrogen) atoms. The average molecular weight is 692 g/mol. The highest BCUT2D eigenvalue weighted by Crippen LogP contribution is 2.30. The van der Waals surface area contributed by atoms with Crippen molar-refractivity contribution in [1.29, 1.82) is 0 Å². The molecule has 1 unspecified atom stereocenters. The fourth-order valence-electron chi connectivity index (χ4n) is 4.55. The highest BCUT2D eigenvalue weighted by molar-refractivity contribution is 7.82. The van der Waals surface area contributed by atoms with E-state index in [0.29, 0.717) is 53.9 Å². The van der Waals surface area contributed by atoms with Gasteiger partial charge in [0.1, 0.15) is 30.1 Å². The Hall–Kier alpha value is -3.61. The third kappa shape index (κ3) is 11.8. The third-order valence-electron chi connectivity index (χ3n) is 6.90. The lowest BCUT2D eigenvalue weighted by atomic mass is 10.1. The van der Waals surface area contributed by atoms with Gasteiger partial charge < -0.3 is 40.8 Å². The minimum absolute atomic E-state index is 0.0351. The fourth-order valence-corrected chi connectivity index (χ4v) is 5.71. The molecule has 2 aromatic carbocycles. The van der Waals surface area contributed by atoms with E-state index in [-0.39, 0.29) is 64.2 Å². The Balaban J connectivity index is 0.00000201. The number of rotatable bonds is 8. The standard InChI is InChI=1S/C30H40FN7O6S.C2H6O/c1-33-19-23-3-2-4-25-28(23)44-18-17-43-16-15-42-14-12-38(10-9-37(21-31)11-13-39)45(41)24-7-5-22(6-8-24)26-20-34-29(32)27(35-26)30(40)36-25;1-2-3/h2-8,20,33,39H,9-19,21H2,1H3,(H2,32,34)(H,36,40);3H,2H2,1H3. The summed E-state index contributed by atoms with van der Waals surface area (Å²) in [6, 6.07) is 12.3. The van der Waals surface area contributed by atoms with Crippen LogP contribution >= 0.6 is 0 Å². The van der Waals surface area contributed by atoms with E-state index >= 15 is 0 Å². The van der Waals surface area contributed by atoms with Gasteiger partial charge in [-0.3, -0.25) is 9.69 Å². The largest absolute Gasteiger partial charge is 0.489 e. The quantitative estimate of drug-likeness (QED) is 0.170. The number of ether oxygens (including phenoxy) is 3. The molecule has 1 atom stereocenters. The van der Waals surface area contributed by atoms with Crippen molar-refractivity contribution >= 4 is 28.4 Å². The zero-order valence-electron chi connectivity index (χ0n) is 27.4. The molecule has 2 aliphatic heterocycles. The van der Waals surface area contributed by atoms with Gasteiger partial charge in [-0.25, -0.2) is 22.9 Å². The van der Waals surface area contributed by atoms with Gasteiger partial charge in [0.2, 0.25) is 0 Å². The number of nitrogens with one attached hydrogen (secondary N) is 2. The Kier molecular flexibility index (Phi) is 17.3. The molecular formula is C32H46FN7O7S. The molecule has 1 amide bonds. The maximum atomic E-state index is 13.6. The molecule has 5 rings (SSSR count). The molecule has 0 aliphatic carbocycles. The molecule has 0 saturated heterocycles. The Labute approximate surface area is 283 Å². The second-order valence-electron chi connectivity index (χ2n) is 10.3. The summed E-state index contributed by atoms with van der Waals surface area (Å²) in [6.07, 6.45) is 1.47. The van der Waals surface area contributed by atoms with Crippen LogP contribution in [0.5, 0.6) is 5.75 Å². The van der Waals surface area contributed by atoms with Gasteiger partial charge >= 0.3 is 0 Å². The summed E-state index contributed by atoms with van der Waals surface area (Å²) in [5.41, 5.74) is 8.35. The number of hydrogen-bond donors (Lipinski definition) is 5. The second-order valence-corrected chi connectivity index (χ2v) is 11.8. The molecule has 14 nitrogen and oxygen atoms in total.